The molecule has 1 unspecified atom stereocenters. The van der Waals surface area contributed by atoms with Crippen LogP contribution >= 0.6 is 11.8 Å². The molecule has 0 aromatic heterocycles. The molecule has 0 saturated heterocycles. The highest BCUT2D eigenvalue weighted by molar-refractivity contribution is 7.98. The minimum atomic E-state index is -3.42. The molecule has 0 bridgehead atoms. The van der Waals surface area contributed by atoms with Crippen LogP contribution in [0.5, 0.6) is 0 Å². The number of thioether (sulfide) groups is 1. The van der Waals surface area contributed by atoms with Crippen LogP contribution in [0.15, 0.2) is 29.2 Å². The third-order valence-electron chi connectivity index (χ3n) is 3.10. The molecule has 0 spiro atoms. The zero-order valence-electron chi connectivity index (χ0n) is 12.1. The van der Waals surface area contributed by atoms with Crippen molar-refractivity contribution in [1.82, 2.24) is 4.72 Å². The van der Waals surface area contributed by atoms with Gasteiger partial charge in [0.15, 0.2) is 0 Å². The van der Waals surface area contributed by atoms with Gasteiger partial charge in [0.05, 0.1) is 4.90 Å². The number of sulfonamides is 1. The van der Waals surface area contributed by atoms with Crippen LogP contribution in [0.4, 0.5) is 0 Å². The molecule has 1 aromatic rings. The van der Waals surface area contributed by atoms with E-state index < -0.39 is 10.0 Å². The van der Waals surface area contributed by atoms with E-state index in [0.717, 1.165) is 30.6 Å². The Morgan fingerprint density at radius 3 is 2.75 bits per heavy atom. The zero-order chi connectivity index (χ0) is 15.0. The first kappa shape index (κ1) is 17.5. The van der Waals surface area contributed by atoms with Crippen LogP contribution in [-0.4, -0.2) is 27.0 Å². The smallest absolute Gasteiger partial charge is 0.240 e. The average Bonchev–Trinajstić information content (AvgIpc) is 2.46. The summed E-state index contributed by atoms with van der Waals surface area (Å²) in [6.07, 6.45) is 4.71. The van der Waals surface area contributed by atoms with Crippen LogP contribution < -0.4 is 10.5 Å². The largest absolute Gasteiger partial charge is 0.324 e. The molecule has 4 nitrogen and oxygen atoms in total. The number of hydrogen-bond donors (Lipinski definition) is 2. The van der Waals surface area contributed by atoms with E-state index in [1.54, 1.807) is 30.0 Å². The van der Waals surface area contributed by atoms with Crippen molar-refractivity contribution in [2.45, 2.75) is 37.1 Å². The van der Waals surface area contributed by atoms with E-state index in [2.05, 4.69) is 4.72 Å². The summed E-state index contributed by atoms with van der Waals surface area (Å²) >= 11 is 1.77. The molecule has 6 heteroatoms. The van der Waals surface area contributed by atoms with E-state index in [1.165, 1.54) is 0 Å². The molecule has 1 rings (SSSR count). The number of nitrogens with two attached hydrogens (primary N) is 1. The van der Waals surface area contributed by atoms with E-state index in [1.807, 2.05) is 19.2 Å². The summed E-state index contributed by atoms with van der Waals surface area (Å²) in [7, 11) is -3.42. The number of nitrogens with one attached hydrogen (secondary N) is 1. The minimum absolute atomic E-state index is 0.119. The molecule has 0 saturated carbocycles. The van der Waals surface area contributed by atoms with Gasteiger partial charge in [-0.1, -0.05) is 19.1 Å². The van der Waals surface area contributed by atoms with Crippen LogP contribution in [0.2, 0.25) is 0 Å². The van der Waals surface area contributed by atoms with Gasteiger partial charge in [0.1, 0.15) is 0 Å². The predicted octanol–water partition coefficient (Wildman–Crippen LogP) is 2.52. The first-order chi connectivity index (χ1) is 9.51. The fourth-order valence-electron chi connectivity index (χ4n) is 1.81. The average molecular weight is 316 g/mol. The molecule has 114 valence electrons. The van der Waals surface area contributed by atoms with Crippen LogP contribution in [0.25, 0.3) is 0 Å². The van der Waals surface area contributed by atoms with Crippen molar-refractivity contribution in [2.24, 2.45) is 5.73 Å². The molecule has 0 aliphatic heterocycles. The first-order valence-corrected chi connectivity index (χ1v) is 9.73. The molecule has 0 aliphatic carbocycles. The van der Waals surface area contributed by atoms with Gasteiger partial charge in [0, 0.05) is 12.6 Å². The number of benzene rings is 1. The first-order valence-electron chi connectivity index (χ1n) is 6.85. The van der Waals surface area contributed by atoms with Gasteiger partial charge >= 0.3 is 0 Å². The second kappa shape index (κ2) is 8.67. The Kier molecular flexibility index (Phi) is 7.58. The Morgan fingerprint density at radius 1 is 1.35 bits per heavy atom. The van der Waals surface area contributed by atoms with Crippen molar-refractivity contribution >= 4 is 21.8 Å². The van der Waals surface area contributed by atoms with Crippen molar-refractivity contribution in [2.75, 3.05) is 18.6 Å². The maximum absolute atomic E-state index is 12.2. The monoisotopic (exact) mass is 316 g/mol. The zero-order valence-corrected chi connectivity index (χ0v) is 13.8. The maximum atomic E-state index is 12.2. The molecule has 20 heavy (non-hydrogen) atoms. The Bertz CT molecular complexity index is 504. The van der Waals surface area contributed by atoms with Gasteiger partial charge in [-0.3, -0.25) is 0 Å². The fourth-order valence-corrected chi connectivity index (χ4v) is 3.43. The van der Waals surface area contributed by atoms with Crippen molar-refractivity contribution in [1.29, 1.82) is 0 Å². The second-order valence-corrected chi connectivity index (χ2v) is 7.44. The molecule has 1 atom stereocenters. The predicted molar refractivity (Wildman–Crippen MR) is 86.5 cm³/mol. The Labute approximate surface area is 126 Å². The molecule has 0 aliphatic rings. The van der Waals surface area contributed by atoms with Gasteiger partial charge in [-0.25, -0.2) is 13.1 Å². The highest BCUT2D eigenvalue weighted by atomic mass is 32.2. The van der Waals surface area contributed by atoms with Gasteiger partial charge in [-0.2, -0.15) is 11.8 Å². The van der Waals surface area contributed by atoms with Crippen LogP contribution in [-0.2, 0) is 10.0 Å². The highest BCUT2D eigenvalue weighted by Gasteiger charge is 2.14. The van der Waals surface area contributed by atoms with Crippen LogP contribution in [0.3, 0.4) is 0 Å². The lowest BCUT2D eigenvalue weighted by Gasteiger charge is -2.12. The Balaban J connectivity index is 2.67. The quantitative estimate of drug-likeness (QED) is 0.687. The molecular formula is C14H24N2O2S2. The van der Waals surface area contributed by atoms with Gasteiger partial charge in [-0.05, 0) is 49.0 Å². The third kappa shape index (κ3) is 5.44. The minimum Gasteiger partial charge on any atom is -0.324 e. The Morgan fingerprint density at radius 2 is 2.10 bits per heavy atom. The van der Waals surface area contributed by atoms with Gasteiger partial charge in [0.2, 0.25) is 10.0 Å². The summed E-state index contributed by atoms with van der Waals surface area (Å²) < 4.78 is 27.0. The third-order valence-corrected chi connectivity index (χ3v) is 5.26. The van der Waals surface area contributed by atoms with Gasteiger partial charge < -0.3 is 5.73 Å². The SMILES string of the molecule is CCC(N)c1cccc(S(=O)(=O)NCCCCSC)c1. The highest BCUT2D eigenvalue weighted by Crippen LogP contribution is 2.18. The number of unbranched alkanes of at least 4 members (excludes halogenated alkanes) is 1. The molecule has 0 heterocycles. The molecular weight excluding hydrogens is 292 g/mol. The molecule has 0 amide bonds. The van der Waals surface area contributed by atoms with Crippen LogP contribution in [0, 0.1) is 0 Å². The summed E-state index contributed by atoms with van der Waals surface area (Å²) in [5, 5.41) is 0. The van der Waals surface area contributed by atoms with Crippen molar-refractivity contribution in [3.05, 3.63) is 29.8 Å². The lowest BCUT2D eigenvalue weighted by molar-refractivity contribution is 0.578. The van der Waals surface area contributed by atoms with Gasteiger partial charge in [0.25, 0.3) is 0 Å². The van der Waals surface area contributed by atoms with Crippen molar-refractivity contribution < 1.29 is 8.42 Å². The van der Waals surface area contributed by atoms with Crippen LogP contribution in [0.1, 0.15) is 37.8 Å². The fraction of sp³-hybridized carbons (Fsp3) is 0.571. The van der Waals surface area contributed by atoms with E-state index in [0.29, 0.717) is 11.4 Å². The molecule has 3 N–H and O–H groups in total. The maximum Gasteiger partial charge on any atom is 0.240 e. The summed E-state index contributed by atoms with van der Waals surface area (Å²) in [6, 6.07) is 6.76. The molecule has 0 fully saturated rings. The van der Waals surface area contributed by atoms with E-state index >= 15 is 0 Å². The summed E-state index contributed by atoms with van der Waals surface area (Å²) in [6.45, 7) is 2.46. The molecule has 1 aromatic carbocycles. The van der Waals surface area contributed by atoms with E-state index in [4.69, 9.17) is 5.73 Å². The number of rotatable bonds is 9. The van der Waals surface area contributed by atoms with Gasteiger partial charge in [-0.15, -0.1) is 0 Å². The van der Waals surface area contributed by atoms with Crippen molar-refractivity contribution in [3.8, 4) is 0 Å². The number of hydrogen-bond acceptors (Lipinski definition) is 4. The summed E-state index contributed by atoms with van der Waals surface area (Å²) in [5.74, 6) is 1.06. The summed E-state index contributed by atoms with van der Waals surface area (Å²) in [5.41, 5.74) is 6.80. The van der Waals surface area contributed by atoms with E-state index in [-0.39, 0.29) is 6.04 Å². The second-order valence-electron chi connectivity index (χ2n) is 4.68. The standard InChI is InChI=1S/C14H24N2O2S2/c1-3-14(15)12-7-6-8-13(11-12)20(17,18)16-9-4-5-10-19-2/h6-8,11,14,16H,3-5,9-10,15H2,1-2H3. The lowest BCUT2D eigenvalue weighted by Crippen LogP contribution is -2.25. The summed E-state index contributed by atoms with van der Waals surface area (Å²) in [4.78, 5) is 0.295. The van der Waals surface area contributed by atoms with Crippen molar-refractivity contribution in [3.63, 3.8) is 0 Å². The Hall–Kier alpha value is -0.560. The van der Waals surface area contributed by atoms with E-state index in [9.17, 15) is 8.42 Å². The normalized spacial score (nSPS) is 13.3. The molecule has 0 radical (unpaired) electrons. The topological polar surface area (TPSA) is 72.2 Å². The lowest BCUT2D eigenvalue weighted by atomic mass is 10.1.